The predicted octanol–water partition coefficient (Wildman–Crippen LogP) is 2.26. The molecule has 1 fully saturated rings. The standard InChI is InChI=1S/C14H30N2O/c1-5-8-15-12(2)10-13(3)16-9-6-7-14(11-16)17-4/h12-15H,5-11H2,1-4H3. The zero-order valence-electron chi connectivity index (χ0n) is 12.0. The first-order chi connectivity index (χ1) is 8.17. The first-order valence-corrected chi connectivity index (χ1v) is 7.17. The van der Waals surface area contributed by atoms with Crippen molar-refractivity contribution in [3.8, 4) is 0 Å². The minimum Gasteiger partial charge on any atom is -0.380 e. The second kappa shape index (κ2) is 8.06. The van der Waals surface area contributed by atoms with E-state index >= 15 is 0 Å². The Labute approximate surface area is 107 Å². The number of hydrogen-bond acceptors (Lipinski definition) is 3. The van der Waals surface area contributed by atoms with E-state index in [-0.39, 0.29) is 0 Å². The molecule has 1 N–H and O–H groups in total. The fourth-order valence-electron chi connectivity index (χ4n) is 2.69. The first kappa shape index (κ1) is 14.9. The van der Waals surface area contributed by atoms with Crippen LogP contribution in [0.1, 0.15) is 46.5 Å². The Hall–Kier alpha value is -0.120. The van der Waals surface area contributed by atoms with E-state index in [1.54, 1.807) is 0 Å². The number of rotatable bonds is 7. The van der Waals surface area contributed by atoms with E-state index in [4.69, 9.17) is 4.74 Å². The van der Waals surface area contributed by atoms with Gasteiger partial charge >= 0.3 is 0 Å². The average Bonchev–Trinajstić information content (AvgIpc) is 2.36. The van der Waals surface area contributed by atoms with Gasteiger partial charge in [-0.3, -0.25) is 4.90 Å². The van der Waals surface area contributed by atoms with Crippen LogP contribution in [0.25, 0.3) is 0 Å². The highest BCUT2D eigenvalue weighted by Gasteiger charge is 2.23. The predicted molar refractivity (Wildman–Crippen MR) is 73.4 cm³/mol. The van der Waals surface area contributed by atoms with Gasteiger partial charge in [0, 0.05) is 25.7 Å². The van der Waals surface area contributed by atoms with Crippen LogP contribution in [0.5, 0.6) is 0 Å². The van der Waals surface area contributed by atoms with Crippen molar-refractivity contribution in [3.05, 3.63) is 0 Å². The molecular formula is C14H30N2O. The molecule has 17 heavy (non-hydrogen) atoms. The van der Waals surface area contributed by atoms with E-state index in [2.05, 4.69) is 31.0 Å². The molecule has 3 atom stereocenters. The molecule has 1 saturated heterocycles. The van der Waals surface area contributed by atoms with Crippen LogP contribution < -0.4 is 5.32 Å². The molecule has 1 rings (SSSR count). The van der Waals surface area contributed by atoms with E-state index in [0.717, 1.165) is 13.1 Å². The van der Waals surface area contributed by atoms with Gasteiger partial charge in [0.25, 0.3) is 0 Å². The second-order valence-electron chi connectivity index (χ2n) is 5.43. The van der Waals surface area contributed by atoms with Crippen molar-refractivity contribution in [3.63, 3.8) is 0 Å². The Morgan fingerprint density at radius 2 is 2.18 bits per heavy atom. The first-order valence-electron chi connectivity index (χ1n) is 7.17. The van der Waals surface area contributed by atoms with Crippen molar-refractivity contribution >= 4 is 0 Å². The van der Waals surface area contributed by atoms with Gasteiger partial charge < -0.3 is 10.1 Å². The lowest BCUT2D eigenvalue weighted by atomic mass is 10.0. The van der Waals surface area contributed by atoms with Gasteiger partial charge in [0.2, 0.25) is 0 Å². The Balaban J connectivity index is 2.28. The van der Waals surface area contributed by atoms with Gasteiger partial charge in [0.15, 0.2) is 0 Å². The maximum Gasteiger partial charge on any atom is 0.0698 e. The van der Waals surface area contributed by atoms with Crippen LogP contribution in [-0.4, -0.2) is 49.8 Å². The topological polar surface area (TPSA) is 24.5 Å². The summed E-state index contributed by atoms with van der Waals surface area (Å²) in [6.45, 7) is 10.3. The molecule has 0 amide bonds. The number of nitrogens with one attached hydrogen (secondary N) is 1. The normalized spacial score (nSPS) is 25.8. The second-order valence-corrected chi connectivity index (χ2v) is 5.43. The molecule has 3 unspecified atom stereocenters. The molecule has 1 aliphatic heterocycles. The molecule has 3 nitrogen and oxygen atoms in total. The summed E-state index contributed by atoms with van der Waals surface area (Å²) >= 11 is 0. The number of methoxy groups -OCH3 is 1. The van der Waals surface area contributed by atoms with Crippen molar-refractivity contribution in [1.29, 1.82) is 0 Å². The van der Waals surface area contributed by atoms with Crippen molar-refractivity contribution in [2.45, 2.75) is 64.6 Å². The Bertz CT molecular complexity index is 199. The number of nitrogens with zero attached hydrogens (tertiary/aromatic N) is 1. The summed E-state index contributed by atoms with van der Waals surface area (Å²) in [5, 5.41) is 3.57. The van der Waals surface area contributed by atoms with Gasteiger partial charge in [0.05, 0.1) is 6.10 Å². The summed E-state index contributed by atoms with van der Waals surface area (Å²) in [7, 11) is 1.84. The number of ether oxygens (including phenoxy) is 1. The van der Waals surface area contributed by atoms with E-state index in [1.807, 2.05) is 7.11 Å². The molecule has 1 heterocycles. The molecule has 0 aliphatic carbocycles. The monoisotopic (exact) mass is 242 g/mol. The maximum atomic E-state index is 5.48. The fraction of sp³-hybridized carbons (Fsp3) is 1.00. The highest BCUT2D eigenvalue weighted by molar-refractivity contribution is 4.79. The quantitative estimate of drug-likeness (QED) is 0.741. The Morgan fingerprint density at radius 3 is 2.82 bits per heavy atom. The zero-order chi connectivity index (χ0) is 12.7. The van der Waals surface area contributed by atoms with Crippen LogP contribution in [0.15, 0.2) is 0 Å². The van der Waals surface area contributed by atoms with Crippen molar-refractivity contribution in [1.82, 2.24) is 10.2 Å². The number of hydrogen-bond donors (Lipinski definition) is 1. The van der Waals surface area contributed by atoms with E-state index in [1.165, 1.54) is 32.2 Å². The molecule has 0 aromatic heterocycles. The van der Waals surface area contributed by atoms with Gasteiger partial charge in [-0.25, -0.2) is 0 Å². The van der Waals surface area contributed by atoms with Crippen LogP contribution >= 0.6 is 0 Å². The van der Waals surface area contributed by atoms with Crippen LogP contribution in [0.3, 0.4) is 0 Å². The minimum absolute atomic E-state index is 0.449. The molecule has 0 radical (unpaired) electrons. The summed E-state index contributed by atoms with van der Waals surface area (Å²) in [5.41, 5.74) is 0. The lowest BCUT2D eigenvalue weighted by molar-refractivity contribution is 0.0148. The molecule has 102 valence electrons. The molecular weight excluding hydrogens is 212 g/mol. The summed E-state index contributed by atoms with van der Waals surface area (Å²) in [6.07, 6.45) is 5.40. The van der Waals surface area contributed by atoms with E-state index in [9.17, 15) is 0 Å². The van der Waals surface area contributed by atoms with Crippen LogP contribution in [-0.2, 0) is 4.74 Å². The fourth-order valence-corrected chi connectivity index (χ4v) is 2.69. The third-order valence-electron chi connectivity index (χ3n) is 3.80. The van der Waals surface area contributed by atoms with Crippen LogP contribution in [0.2, 0.25) is 0 Å². The smallest absolute Gasteiger partial charge is 0.0698 e. The van der Waals surface area contributed by atoms with Crippen molar-refractivity contribution in [2.24, 2.45) is 0 Å². The number of piperidine rings is 1. The molecule has 0 spiro atoms. The molecule has 0 bridgehead atoms. The SMILES string of the molecule is CCCNC(C)CC(C)N1CCCC(OC)C1. The maximum absolute atomic E-state index is 5.48. The Morgan fingerprint density at radius 1 is 1.41 bits per heavy atom. The molecule has 0 saturated carbocycles. The highest BCUT2D eigenvalue weighted by Crippen LogP contribution is 2.17. The molecule has 1 aliphatic rings. The third kappa shape index (κ3) is 5.36. The minimum atomic E-state index is 0.449. The average molecular weight is 242 g/mol. The van der Waals surface area contributed by atoms with Crippen molar-refractivity contribution in [2.75, 3.05) is 26.7 Å². The van der Waals surface area contributed by atoms with Gasteiger partial charge in [0.1, 0.15) is 0 Å². The summed E-state index contributed by atoms with van der Waals surface area (Å²) in [5.74, 6) is 0. The molecule has 0 aromatic rings. The van der Waals surface area contributed by atoms with Gasteiger partial charge in [-0.15, -0.1) is 0 Å². The van der Waals surface area contributed by atoms with E-state index < -0.39 is 0 Å². The lowest BCUT2D eigenvalue weighted by Crippen LogP contribution is -2.46. The summed E-state index contributed by atoms with van der Waals surface area (Å²) < 4.78 is 5.48. The van der Waals surface area contributed by atoms with Gasteiger partial charge in [-0.1, -0.05) is 6.92 Å². The van der Waals surface area contributed by atoms with Gasteiger partial charge in [-0.05, 0) is 52.6 Å². The Kier molecular flexibility index (Phi) is 7.09. The number of likely N-dealkylation sites (tertiary alicyclic amines) is 1. The summed E-state index contributed by atoms with van der Waals surface area (Å²) in [4.78, 5) is 2.59. The highest BCUT2D eigenvalue weighted by atomic mass is 16.5. The third-order valence-corrected chi connectivity index (χ3v) is 3.80. The zero-order valence-corrected chi connectivity index (χ0v) is 12.0. The van der Waals surface area contributed by atoms with Crippen LogP contribution in [0, 0.1) is 0 Å². The molecule has 3 heteroatoms. The molecule has 0 aromatic carbocycles. The van der Waals surface area contributed by atoms with Crippen LogP contribution in [0.4, 0.5) is 0 Å². The van der Waals surface area contributed by atoms with Crippen molar-refractivity contribution < 1.29 is 4.74 Å². The van der Waals surface area contributed by atoms with E-state index in [0.29, 0.717) is 18.2 Å². The van der Waals surface area contributed by atoms with Gasteiger partial charge in [-0.2, -0.15) is 0 Å². The lowest BCUT2D eigenvalue weighted by Gasteiger charge is -2.37. The summed E-state index contributed by atoms with van der Waals surface area (Å²) in [6, 6.07) is 1.28. The largest absolute Gasteiger partial charge is 0.380 e.